The van der Waals surface area contributed by atoms with Crippen LogP contribution in [-0.2, 0) is 19.4 Å². The molecule has 2 rings (SSSR count). The van der Waals surface area contributed by atoms with Gasteiger partial charge in [-0.15, -0.1) is 0 Å². The van der Waals surface area contributed by atoms with E-state index in [1.165, 1.54) is 0 Å². The lowest BCUT2D eigenvalue weighted by atomic mass is 9.75. The maximum absolute atomic E-state index is 14.3. The van der Waals surface area contributed by atoms with E-state index in [9.17, 15) is 4.39 Å². The summed E-state index contributed by atoms with van der Waals surface area (Å²) in [6, 6.07) is 0.00224. The number of alkyl halides is 1. The minimum atomic E-state index is -1.18. The molecule has 0 atom stereocenters. The van der Waals surface area contributed by atoms with Crippen LogP contribution in [0.5, 0.6) is 0 Å². The van der Waals surface area contributed by atoms with Crippen molar-refractivity contribution in [3.05, 3.63) is 16.4 Å². The average Bonchev–Trinajstić information content (AvgIpc) is 2.54. The Bertz CT molecular complexity index is 410. The number of hydrogen-bond donors (Lipinski definition) is 1. The Morgan fingerprint density at radius 1 is 1.53 bits per heavy atom. The number of rotatable bonds is 4. The maximum Gasteiger partial charge on any atom is 0.119 e. The first-order chi connectivity index (χ1) is 7.99. The van der Waals surface area contributed by atoms with Gasteiger partial charge in [0, 0.05) is 19.0 Å². The van der Waals surface area contributed by atoms with Crippen molar-refractivity contribution in [3.63, 3.8) is 0 Å². The molecule has 1 heterocycles. The van der Waals surface area contributed by atoms with E-state index in [1.54, 1.807) is 0 Å². The second kappa shape index (κ2) is 4.58. The molecule has 0 spiro atoms. The highest BCUT2D eigenvalue weighted by Crippen LogP contribution is 2.39. The van der Waals surface area contributed by atoms with Crippen LogP contribution < -0.4 is 5.73 Å². The summed E-state index contributed by atoms with van der Waals surface area (Å²) in [5.74, 6) is 0. The first-order valence-electron chi connectivity index (χ1n) is 6.17. The van der Waals surface area contributed by atoms with E-state index < -0.39 is 5.67 Å². The molecule has 0 aromatic carbocycles. The molecule has 1 saturated carbocycles. The van der Waals surface area contributed by atoms with Crippen molar-refractivity contribution in [2.75, 3.05) is 0 Å². The lowest BCUT2D eigenvalue weighted by molar-refractivity contribution is 0.0424. The summed E-state index contributed by atoms with van der Waals surface area (Å²) < 4.78 is 16.1. The van der Waals surface area contributed by atoms with Crippen LogP contribution in [0.15, 0.2) is 0 Å². The summed E-state index contributed by atoms with van der Waals surface area (Å²) in [5.41, 5.74) is 6.15. The van der Waals surface area contributed by atoms with Crippen LogP contribution in [0.4, 0.5) is 4.39 Å². The van der Waals surface area contributed by atoms with E-state index in [2.05, 4.69) is 5.10 Å². The van der Waals surface area contributed by atoms with Gasteiger partial charge in [0.05, 0.1) is 16.4 Å². The van der Waals surface area contributed by atoms with Crippen molar-refractivity contribution in [2.24, 2.45) is 5.73 Å². The van der Waals surface area contributed by atoms with Gasteiger partial charge in [-0.2, -0.15) is 5.10 Å². The van der Waals surface area contributed by atoms with Gasteiger partial charge in [-0.25, -0.2) is 4.39 Å². The molecule has 2 N–H and O–H groups in total. The van der Waals surface area contributed by atoms with Crippen molar-refractivity contribution in [3.8, 4) is 0 Å². The highest BCUT2D eigenvalue weighted by molar-refractivity contribution is 6.31. The highest BCUT2D eigenvalue weighted by atomic mass is 35.5. The molecule has 1 aliphatic rings. The Morgan fingerprint density at radius 2 is 2.18 bits per heavy atom. The minimum Gasteiger partial charge on any atom is -0.327 e. The van der Waals surface area contributed by atoms with E-state index >= 15 is 0 Å². The number of hydrogen-bond acceptors (Lipinski definition) is 2. The number of aromatic nitrogens is 2. The molecular weight excluding hydrogens is 241 g/mol. The lowest BCUT2D eigenvalue weighted by Gasteiger charge is -2.39. The van der Waals surface area contributed by atoms with Crippen LogP contribution in [0.1, 0.15) is 38.1 Å². The lowest BCUT2D eigenvalue weighted by Crippen LogP contribution is -2.50. The molecule has 0 saturated heterocycles. The summed E-state index contributed by atoms with van der Waals surface area (Å²) in [6.45, 7) is 4.71. The summed E-state index contributed by atoms with van der Waals surface area (Å²) >= 11 is 6.25. The Hall–Kier alpha value is -0.610. The van der Waals surface area contributed by atoms with Gasteiger partial charge in [0.2, 0.25) is 0 Å². The topological polar surface area (TPSA) is 43.8 Å². The van der Waals surface area contributed by atoms with Crippen molar-refractivity contribution in [1.29, 1.82) is 0 Å². The fraction of sp³-hybridized carbons (Fsp3) is 0.750. The van der Waals surface area contributed by atoms with Crippen LogP contribution in [0, 0.1) is 0 Å². The standard InChI is InChI=1S/C12H19ClFN3/c1-3-9-11(13)10(17(4-2)16-9)7-12(14)5-8(15)6-12/h8H,3-7,15H2,1-2H3. The van der Waals surface area contributed by atoms with E-state index in [0.717, 1.165) is 24.4 Å². The van der Waals surface area contributed by atoms with Crippen LogP contribution >= 0.6 is 11.6 Å². The Morgan fingerprint density at radius 3 is 2.65 bits per heavy atom. The quantitative estimate of drug-likeness (QED) is 0.903. The van der Waals surface area contributed by atoms with Gasteiger partial charge in [0.15, 0.2) is 0 Å². The Balaban J connectivity index is 2.22. The molecule has 96 valence electrons. The Labute approximate surface area is 106 Å². The average molecular weight is 260 g/mol. The van der Waals surface area contributed by atoms with Crippen LogP contribution in [0.25, 0.3) is 0 Å². The zero-order valence-corrected chi connectivity index (χ0v) is 11.1. The summed E-state index contributed by atoms with van der Waals surface area (Å²) in [5, 5.41) is 5.03. The monoisotopic (exact) mass is 259 g/mol. The smallest absolute Gasteiger partial charge is 0.119 e. The number of aryl methyl sites for hydroxylation is 2. The predicted molar refractivity (Wildman–Crippen MR) is 67.0 cm³/mol. The van der Waals surface area contributed by atoms with Crippen molar-refractivity contribution in [1.82, 2.24) is 9.78 Å². The van der Waals surface area contributed by atoms with Crippen LogP contribution in [-0.4, -0.2) is 21.5 Å². The van der Waals surface area contributed by atoms with Gasteiger partial charge in [-0.3, -0.25) is 4.68 Å². The third kappa shape index (κ3) is 2.33. The molecule has 0 aliphatic heterocycles. The fourth-order valence-electron chi connectivity index (χ4n) is 2.51. The SMILES string of the molecule is CCc1nn(CC)c(CC2(F)CC(N)C2)c1Cl. The molecule has 0 bridgehead atoms. The van der Waals surface area contributed by atoms with Gasteiger partial charge in [0.1, 0.15) is 5.67 Å². The molecule has 1 fully saturated rings. The van der Waals surface area contributed by atoms with Crippen LogP contribution in [0.3, 0.4) is 0 Å². The third-order valence-corrected chi connectivity index (χ3v) is 3.87. The van der Waals surface area contributed by atoms with E-state index in [1.807, 2.05) is 18.5 Å². The third-order valence-electron chi connectivity index (χ3n) is 3.43. The maximum atomic E-state index is 14.3. The summed E-state index contributed by atoms with van der Waals surface area (Å²) in [4.78, 5) is 0. The van der Waals surface area contributed by atoms with Crippen molar-refractivity contribution < 1.29 is 4.39 Å². The minimum absolute atomic E-state index is 0.00224. The highest BCUT2D eigenvalue weighted by Gasteiger charge is 2.44. The van der Waals surface area contributed by atoms with Crippen molar-refractivity contribution in [2.45, 2.75) is 57.8 Å². The molecular formula is C12H19ClFN3. The second-order valence-electron chi connectivity index (χ2n) is 4.87. The zero-order valence-electron chi connectivity index (χ0n) is 10.3. The first kappa shape index (κ1) is 12.8. The van der Waals surface area contributed by atoms with Gasteiger partial charge < -0.3 is 5.73 Å². The van der Waals surface area contributed by atoms with Gasteiger partial charge in [-0.1, -0.05) is 18.5 Å². The zero-order chi connectivity index (χ0) is 12.6. The largest absolute Gasteiger partial charge is 0.327 e. The molecule has 1 aromatic heterocycles. The number of nitrogens with zero attached hydrogens (tertiary/aromatic N) is 2. The first-order valence-corrected chi connectivity index (χ1v) is 6.55. The van der Waals surface area contributed by atoms with Gasteiger partial charge in [-0.05, 0) is 26.2 Å². The normalized spacial score (nSPS) is 28.2. The molecule has 1 aliphatic carbocycles. The fourth-order valence-corrected chi connectivity index (χ4v) is 2.85. The van der Waals surface area contributed by atoms with Gasteiger partial charge >= 0.3 is 0 Å². The summed E-state index contributed by atoms with van der Waals surface area (Å²) in [6.07, 6.45) is 1.97. The predicted octanol–water partition coefficient (Wildman–Crippen LogP) is 2.49. The number of nitrogens with two attached hydrogens (primary N) is 1. The second-order valence-corrected chi connectivity index (χ2v) is 5.25. The number of halogens is 2. The molecule has 0 amide bonds. The molecule has 5 heteroatoms. The van der Waals surface area contributed by atoms with E-state index in [4.69, 9.17) is 17.3 Å². The van der Waals surface area contributed by atoms with Crippen LogP contribution in [0.2, 0.25) is 5.02 Å². The van der Waals surface area contributed by atoms with E-state index in [-0.39, 0.29) is 6.04 Å². The summed E-state index contributed by atoms with van der Waals surface area (Å²) in [7, 11) is 0. The molecule has 0 unspecified atom stereocenters. The molecule has 1 aromatic rings. The van der Waals surface area contributed by atoms with Gasteiger partial charge in [0.25, 0.3) is 0 Å². The molecule has 3 nitrogen and oxygen atoms in total. The van der Waals surface area contributed by atoms with E-state index in [0.29, 0.717) is 24.3 Å². The Kier molecular flexibility index (Phi) is 3.46. The molecule has 17 heavy (non-hydrogen) atoms. The van der Waals surface area contributed by atoms with Crippen molar-refractivity contribution >= 4 is 11.6 Å². The molecule has 0 radical (unpaired) electrons.